The Morgan fingerprint density at radius 2 is 2.33 bits per heavy atom. The predicted octanol–water partition coefficient (Wildman–Crippen LogP) is 2.04. The van der Waals surface area contributed by atoms with Crippen LogP contribution in [-0.2, 0) is 11.3 Å². The monoisotopic (exact) mass is 303 g/mol. The number of benzene rings is 1. The summed E-state index contributed by atoms with van der Waals surface area (Å²) in [4.78, 5) is 26.3. The molecule has 0 aliphatic heterocycles. The highest BCUT2D eigenvalue weighted by molar-refractivity contribution is 7.22. The van der Waals surface area contributed by atoms with Gasteiger partial charge in [-0.2, -0.15) is 5.10 Å². The van der Waals surface area contributed by atoms with Gasteiger partial charge in [-0.3, -0.25) is 19.6 Å². The first kappa shape index (κ1) is 13.2. The summed E-state index contributed by atoms with van der Waals surface area (Å²) in [5.74, 6) is -0.257. The van der Waals surface area contributed by atoms with E-state index in [0.29, 0.717) is 15.3 Å². The first-order valence-electron chi connectivity index (χ1n) is 5.94. The molecule has 0 unspecified atom stereocenters. The van der Waals surface area contributed by atoms with Gasteiger partial charge in [-0.05, 0) is 12.1 Å². The van der Waals surface area contributed by atoms with Gasteiger partial charge >= 0.3 is 0 Å². The van der Waals surface area contributed by atoms with E-state index in [4.69, 9.17) is 0 Å². The molecule has 0 saturated carbocycles. The van der Waals surface area contributed by atoms with E-state index < -0.39 is 4.92 Å². The Morgan fingerprint density at radius 3 is 3.05 bits per heavy atom. The number of nitro groups is 1. The van der Waals surface area contributed by atoms with Crippen LogP contribution in [-0.4, -0.2) is 25.6 Å². The lowest BCUT2D eigenvalue weighted by molar-refractivity contribution is -0.384. The maximum absolute atomic E-state index is 11.8. The molecular weight excluding hydrogens is 294 g/mol. The minimum Gasteiger partial charge on any atom is -0.300 e. The molecule has 1 N–H and O–H groups in total. The lowest BCUT2D eigenvalue weighted by Gasteiger charge is -2.00. The van der Waals surface area contributed by atoms with Crippen LogP contribution in [0.15, 0.2) is 36.7 Å². The van der Waals surface area contributed by atoms with Gasteiger partial charge in [0.15, 0.2) is 5.13 Å². The summed E-state index contributed by atoms with van der Waals surface area (Å²) in [6.45, 7) is 0.0864. The number of nitro benzene ring substituents is 1. The van der Waals surface area contributed by atoms with Gasteiger partial charge in [-0.25, -0.2) is 4.98 Å². The van der Waals surface area contributed by atoms with Gasteiger partial charge in [0.25, 0.3) is 5.69 Å². The molecule has 3 rings (SSSR count). The highest BCUT2D eigenvalue weighted by Gasteiger charge is 2.12. The first-order valence-corrected chi connectivity index (χ1v) is 6.76. The predicted molar refractivity (Wildman–Crippen MR) is 77.1 cm³/mol. The van der Waals surface area contributed by atoms with Crippen LogP contribution in [0.2, 0.25) is 0 Å². The second-order valence-corrected chi connectivity index (χ2v) is 5.21. The average molecular weight is 303 g/mol. The van der Waals surface area contributed by atoms with E-state index >= 15 is 0 Å². The van der Waals surface area contributed by atoms with Crippen molar-refractivity contribution in [3.05, 3.63) is 46.8 Å². The summed E-state index contributed by atoms with van der Waals surface area (Å²) < 4.78 is 2.15. The number of amides is 1. The zero-order chi connectivity index (χ0) is 14.8. The van der Waals surface area contributed by atoms with Crippen molar-refractivity contribution in [2.45, 2.75) is 6.54 Å². The van der Waals surface area contributed by atoms with Crippen molar-refractivity contribution in [1.82, 2.24) is 14.8 Å². The van der Waals surface area contributed by atoms with Crippen LogP contribution in [0.5, 0.6) is 0 Å². The van der Waals surface area contributed by atoms with Crippen molar-refractivity contribution in [2.75, 3.05) is 5.32 Å². The van der Waals surface area contributed by atoms with Gasteiger partial charge < -0.3 is 5.32 Å². The van der Waals surface area contributed by atoms with E-state index in [0.717, 1.165) is 0 Å². The smallest absolute Gasteiger partial charge is 0.270 e. The first-order chi connectivity index (χ1) is 10.1. The normalized spacial score (nSPS) is 10.7. The standard InChI is InChI=1S/C12H9N5O3S/c18-11(7-16-5-1-4-13-16)15-12-14-9-3-2-8(17(19)20)6-10(9)21-12/h1-6H,7H2,(H,14,15,18). The number of carbonyl (C=O) groups is 1. The van der Waals surface area contributed by atoms with Gasteiger partial charge in [0.2, 0.25) is 5.91 Å². The molecule has 2 aromatic heterocycles. The molecule has 0 aliphatic rings. The average Bonchev–Trinajstić information content (AvgIpc) is 3.05. The molecule has 0 atom stereocenters. The Labute approximate surface area is 122 Å². The Kier molecular flexibility index (Phi) is 3.32. The number of anilines is 1. The molecule has 0 aliphatic carbocycles. The van der Waals surface area contributed by atoms with E-state index in [1.807, 2.05) is 0 Å². The van der Waals surface area contributed by atoms with Crippen LogP contribution in [0.25, 0.3) is 10.2 Å². The Hall–Kier alpha value is -2.81. The number of hydrogen-bond acceptors (Lipinski definition) is 6. The molecule has 21 heavy (non-hydrogen) atoms. The van der Waals surface area contributed by atoms with Crippen LogP contribution in [0.3, 0.4) is 0 Å². The summed E-state index contributed by atoms with van der Waals surface area (Å²) in [7, 11) is 0. The summed E-state index contributed by atoms with van der Waals surface area (Å²) in [5, 5.41) is 17.7. The molecule has 9 heteroatoms. The van der Waals surface area contributed by atoms with Crippen LogP contribution in [0.1, 0.15) is 0 Å². The Morgan fingerprint density at radius 1 is 1.48 bits per heavy atom. The lowest BCUT2D eigenvalue weighted by atomic mass is 10.3. The number of hydrogen-bond donors (Lipinski definition) is 1. The molecule has 0 fully saturated rings. The fourth-order valence-corrected chi connectivity index (χ4v) is 2.70. The molecule has 2 heterocycles. The van der Waals surface area contributed by atoms with Crippen LogP contribution < -0.4 is 5.32 Å². The fraction of sp³-hybridized carbons (Fsp3) is 0.0833. The number of non-ortho nitro benzene ring substituents is 1. The van der Waals surface area contributed by atoms with E-state index in [-0.39, 0.29) is 18.1 Å². The Bertz CT molecular complexity index is 812. The van der Waals surface area contributed by atoms with Gasteiger partial charge in [0, 0.05) is 24.5 Å². The third kappa shape index (κ3) is 2.87. The van der Waals surface area contributed by atoms with Crippen molar-refractivity contribution in [2.24, 2.45) is 0 Å². The molecule has 0 saturated heterocycles. The van der Waals surface area contributed by atoms with Gasteiger partial charge in [-0.1, -0.05) is 11.3 Å². The quantitative estimate of drug-likeness (QED) is 0.587. The maximum atomic E-state index is 11.8. The van der Waals surface area contributed by atoms with Crippen molar-refractivity contribution in [3.63, 3.8) is 0 Å². The minimum absolute atomic E-state index is 0.000526. The number of thiazole rings is 1. The number of fused-ring (bicyclic) bond motifs is 1. The highest BCUT2D eigenvalue weighted by atomic mass is 32.1. The number of rotatable bonds is 4. The molecule has 0 spiro atoms. The third-order valence-corrected chi connectivity index (χ3v) is 3.63. The number of nitrogens with one attached hydrogen (secondary N) is 1. The molecule has 3 aromatic rings. The van der Waals surface area contributed by atoms with Crippen molar-refractivity contribution in [1.29, 1.82) is 0 Å². The van der Waals surface area contributed by atoms with Crippen molar-refractivity contribution < 1.29 is 9.72 Å². The number of carbonyl (C=O) groups excluding carboxylic acids is 1. The molecule has 0 bridgehead atoms. The topological polar surface area (TPSA) is 103 Å². The van der Waals surface area contributed by atoms with Gasteiger partial charge in [-0.15, -0.1) is 0 Å². The molecule has 0 radical (unpaired) electrons. The summed E-state index contributed by atoms with van der Waals surface area (Å²) in [6, 6.07) is 6.12. The zero-order valence-electron chi connectivity index (χ0n) is 10.6. The lowest BCUT2D eigenvalue weighted by Crippen LogP contribution is -2.18. The summed E-state index contributed by atoms with van der Waals surface area (Å²) >= 11 is 1.19. The van der Waals surface area contributed by atoms with E-state index in [9.17, 15) is 14.9 Å². The number of aromatic nitrogens is 3. The van der Waals surface area contributed by atoms with E-state index in [1.165, 1.54) is 28.2 Å². The molecule has 8 nitrogen and oxygen atoms in total. The SMILES string of the molecule is O=C(Cn1cccn1)Nc1nc2ccc([N+](=O)[O-])cc2s1. The van der Waals surface area contributed by atoms with E-state index in [2.05, 4.69) is 15.4 Å². The van der Waals surface area contributed by atoms with Crippen LogP contribution >= 0.6 is 11.3 Å². The molecule has 1 amide bonds. The van der Waals surface area contributed by atoms with Gasteiger partial charge in [0.1, 0.15) is 6.54 Å². The minimum atomic E-state index is -0.463. The third-order valence-electron chi connectivity index (χ3n) is 2.69. The van der Waals surface area contributed by atoms with Crippen LogP contribution in [0.4, 0.5) is 10.8 Å². The molecule has 106 valence electrons. The van der Waals surface area contributed by atoms with Crippen molar-refractivity contribution >= 4 is 38.3 Å². The summed E-state index contributed by atoms with van der Waals surface area (Å²) in [5.41, 5.74) is 0.612. The fourth-order valence-electron chi connectivity index (χ4n) is 1.78. The van der Waals surface area contributed by atoms with E-state index in [1.54, 1.807) is 24.5 Å². The molecule has 1 aromatic carbocycles. The van der Waals surface area contributed by atoms with Crippen molar-refractivity contribution in [3.8, 4) is 0 Å². The zero-order valence-corrected chi connectivity index (χ0v) is 11.4. The maximum Gasteiger partial charge on any atom is 0.270 e. The molecular formula is C12H9N5O3S. The largest absolute Gasteiger partial charge is 0.300 e. The van der Waals surface area contributed by atoms with Gasteiger partial charge in [0.05, 0.1) is 15.1 Å². The highest BCUT2D eigenvalue weighted by Crippen LogP contribution is 2.29. The van der Waals surface area contributed by atoms with Crippen LogP contribution in [0, 0.1) is 10.1 Å². The summed E-state index contributed by atoms with van der Waals surface area (Å²) in [6.07, 6.45) is 3.27. The Balaban J connectivity index is 1.78. The second kappa shape index (κ2) is 5.29. The number of nitrogens with zero attached hydrogens (tertiary/aromatic N) is 4. The second-order valence-electron chi connectivity index (χ2n) is 4.18.